The van der Waals surface area contributed by atoms with Crippen LogP contribution >= 0.6 is 23.5 Å². The van der Waals surface area contributed by atoms with Crippen molar-refractivity contribution in [1.82, 2.24) is 0 Å². The average Bonchev–Trinajstić information content (AvgIpc) is 2.86. The molecule has 1 aliphatic heterocycles. The molecule has 0 N–H and O–H groups in total. The number of rotatable bonds is 1. The Bertz CT molecular complexity index is 478. The van der Waals surface area contributed by atoms with Crippen LogP contribution < -0.4 is 34.7 Å². The molecule has 92 valence electrons. The van der Waals surface area contributed by atoms with Crippen molar-refractivity contribution < 1.29 is 43.9 Å². The molecule has 1 spiro atoms. The normalized spacial score (nSPS) is 20.5. The van der Waals surface area contributed by atoms with Crippen molar-refractivity contribution in [3.63, 3.8) is 0 Å². The minimum atomic E-state index is -1.19. The van der Waals surface area contributed by atoms with Gasteiger partial charge in [0.15, 0.2) is 5.76 Å². The Kier molecular flexibility index (Phi) is 4.49. The van der Waals surface area contributed by atoms with Crippen LogP contribution in [0.5, 0.6) is 0 Å². The summed E-state index contributed by atoms with van der Waals surface area (Å²) in [4.78, 5) is 11.0. The van der Waals surface area contributed by atoms with Crippen LogP contribution in [0.25, 0.3) is 0 Å². The van der Waals surface area contributed by atoms with E-state index in [1.807, 2.05) is 30.4 Å². The molecule has 1 saturated heterocycles. The largest absolute Gasteiger partial charge is 1.00 e. The second-order valence-corrected chi connectivity index (χ2v) is 7.49. The molecular formula is C12H13NaO3S2. The molecule has 1 aromatic heterocycles. The second-order valence-electron chi connectivity index (χ2n) is 4.45. The molecule has 0 aromatic carbocycles. The molecule has 1 aliphatic carbocycles. The molecule has 0 amide bonds. The standard InChI is InChI=1S/C12H14O3S2.Na/c1-7-9-8(15-10(7)11(13)14)3-2-4-12(9)16-5-6-17-12;/h2-6H2,1H3,(H,13,14);/q;+1/p-1. The Balaban J connectivity index is 0.00000120. The summed E-state index contributed by atoms with van der Waals surface area (Å²) in [6.07, 6.45) is 3.04. The number of carbonyl (C=O) groups excluding carboxylic acids is 1. The summed E-state index contributed by atoms with van der Waals surface area (Å²) in [7, 11) is 0. The summed E-state index contributed by atoms with van der Waals surface area (Å²) < 4.78 is 5.55. The number of carbonyl (C=O) groups is 1. The summed E-state index contributed by atoms with van der Waals surface area (Å²) in [6, 6.07) is 0. The Morgan fingerprint density at radius 2 is 2.06 bits per heavy atom. The Hall–Kier alpha value is 0.450. The molecule has 3 nitrogen and oxygen atoms in total. The predicted octanol–water partition coefficient (Wildman–Crippen LogP) is -1.08. The van der Waals surface area contributed by atoms with Crippen molar-refractivity contribution in [3.05, 3.63) is 22.6 Å². The van der Waals surface area contributed by atoms with Gasteiger partial charge in [0.05, 0.1) is 4.08 Å². The zero-order chi connectivity index (χ0) is 12.0. The summed E-state index contributed by atoms with van der Waals surface area (Å²) >= 11 is 3.87. The maximum absolute atomic E-state index is 11.0. The fourth-order valence-corrected chi connectivity index (χ4v) is 6.35. The van der Waals surface area contributed by atoms with E-state index in [4.69, 9.17) is 4.42 Å². The maximum Gasteiger partial charge on any atom is 1.00 e. The summed E-state index contributed by atoms with van der Waals surface area (Å²) in [5.74, 6) is 1.98. The van der Waals surface area contributed by atoms with Crippen molar-refractivity contribution >= 4 is 29.5 Å². The van der Waals surface area contributed by atoms with Crippen molar-refractivity contribution in [2.45, 2.75) is 30.3 Å². The van der Waals surface area contributed by atoms with Gasteiger partial charge in [0, 0.05) is 29.1 Å². The number of carboxylic acids is 1. The smallest absolute Gasteiger partial charge is 0.542 e. The van der Waals surface area contributed by atoms with Gasteiger partial charge >= 0.3 is 29.6 Å². The maximum atomic E-state index is 11.0. The topological polar surface area (TPSA) is 53.3 Å². The first-order valence-corrected chi connectivity index (χ1v) is 7.73. The SMILES string of the molecule is Cc1c(C(=O)[O-])oc2c1C1(CCC2)SCCS1.[Na+]. The van der Waals surface area contributed by atoms with E-state index in [2.05, 4.69) is 0 Å². The fraction of sp³-hybridized carbons (Fsp3) is 0.583. The molecule has 18 heavy (non-hydrogen) atoms. The minimum Gasteiger partial charge on any atom is -0.542 e. The van der Waals surface area contributed by atoms with Crippen LogP contribution in [-0.2, 0) is 10.5 Å². The van der Waals surface area contributed by atoms with E-state index in [1.54, 1.807) is 0 Å². The number of fused-ring (bicyclic) bond motifs is 2. The number of carboxylic acid groups (broad SMARTS) is 1. The first kappa shape index (κ1) is 14.9. The Morgan fingerprint density at radius 3 is 2.67 bits per heavy atom. The van der Waals surface area contributed by atoms with Gasteiger partial charge < -0.3 is 14.3 Å². The van der Waals surface area contributed by atoms with Gasteiger partial charge in [-0.2, -0.15) is 0 Å². The van der Waals surface area contributed by atoms with Crippen LogP contribution in [0.4, 0.5) is 0 Å². The Labute approximate surface area is 137 Å². The van der Waals surface area contributed by atoms with E-state index in [0.29, 0.717) is 0 Å². The van der Waals surface area contributed by atoms with Gasteiger partial charge in [0.2, 0.25) is 0 Å². The molecule has 0 radical (unpaired) electrons. The molecule has 0 unspecified atom stereocenters. The number of aromatic carboxylic acids is 1. The van der Waals surface area contributed by atoms with Crippen LogP contribution in [0.1, 0.15) is 40.3 Å². The van der Waals surface area contributed by atoms with Crippen molar-refractivity contribution in [3.8, 4) is 0 Å². The second kappa shape index (κ2) is 5.44. The molecule has 1 fully saturated rings. The van der Waals surface area contributed by atoms with Crippen LogP contribution in [0, 0.1) is 6.92 Å². The van der Waals surface area contributed by atoms with Crippen LogP contribution in [0.2, 0.25) is 0 Å². The zero-order valence-electron chi connectivity index (χ0n) is 10.6. The summed E-state index contributed by atoms with van der Waals surface area (Å²) in [5.41, 5.74) is 1.91. The van der Waals surface area contributed by atoms with Crippen molar-refractivity contribution in [2.24, 2.45) is 0 Å². The number of hydrogen-bond donors (Lipinski definition) is 0. The fourth-order valence-electron chi connectivity index (χ4n) is 2.79. The van der Waals surface area contributed by atoms with Gasteiger partial charge in [-0.25, -0.2) is 0 Å². The van der Waals surface area contributed by atoms with Gasteiger partial charge in [0.1, 0.15) is 11.7 Å². The summed E-state index contributed by atoms with van der Waals surface area (Å²) in [6.45, 7) is 1.85. The van der Waals surface area contributed by atoms with E-state index < -0.39 is 5.97 Å². The van der Waals surface area contributed by atoms with Gasteiger partial charge in [-0.05, 0) is 19.8 Å². The molecule has 2 heterocycles. The number of hydrogen-bond acceptors (Lipinski definition) is 5. The number of aryl methyl sites for hydroxylation is 1. The molecule has 1 aromatic rings. The van der Waals surface area contributed by atoms with Crippen molar-refractivity contribution in [2.75, 3.05) is 11.5 Å². The van der Waals surface area contributed by atoms with E-state index in [1.165, 1.54) is 0 Å². The first-order chi connectivity index (χ1) is 8.14. The molecule has 6 heteroatoms. The van der Waals surface area contributed by atoms with Crippen molar-refractivity contribution in [1.29, 1.82) is 0 Å². The van der Waals surface area contributed by atoms with E-state index >= 15 is 0 Å². The third-order valence-corrected chi connectivity index (χ3v) is 6.98. The third-order valence-electron chi connectivity index (χ3n) is 3.45. The molecular weight excluding hydrogens is 279 g/mol. The predicted molar refractivity (Wildman–Crippen MR) is 67.3 cm³/mol. The van der Waals surface area contributed by atoms with E-state index in [9.17, 15) is 9.90 Å². The zero-order valence-corrected chi connectivity index (χ0v) is 14.2. The van der Waals surface area contributed by atoms with Crippen LogP contribution in [0.3, 0.4) is 0 Å². The molecule has 3 rings (SSSR count). The number of thioether (sulfide) groups is 2. The van der Waals surface area contributed by atoms with Gasteiger partial charge in [-0.3, -0.25) is 0 Å². The van der Waals surface area contributed by atoms with Gasteiger partial charge in [0.25, 0.3) is 0 Å². The molecule has 2 aliphatic rings. The average molecular weight is 292 g/mol. The van der Waals surface area contributed by atoms with Gasteiger partial charge in [-0.15, -0.1) is 23.5 Å². The summed E-state index contributed by atoms with van der Waals surface area (Å²) in [5, 5.41) is 11.0. The quantitative estimate of drug-likeness (QED) is 0.617. The van der Waals surface area contributed by atoms with Crippen LogP contribution in [-0.4, -0.2) is 17.5 Å². The van der Waals surface area contributed by atoms with Gasteiger partial charge in [-0.1, -0.05) is 0 Å². The Morgan fingerprint density at radius 1 is 1.39 bits per heavy atom. The molecule has 0 atom stereocenters. The number of furan rings is 1. The first-order valence-electron chi connectivity index (χ1n) is 5.76. The molecule has 0 bridgehead atoms. The monoisotopic (exact) mass is 292 g/mol. The van der Waals surface area contributed by atoms with Crippen LogP contribution in [0.15, 0.2) is 4.42 Å². The third kappa shape index (κ3) is 2.18. The van der Waals surface area contributed by atoms with E-state index in [-0.39, 0.29) is 39.4 Å². The molecule has 0 saturated carbocycles. The van der Waals surface area contributed by atoms with E-state index in [0.717, 1.165) is 47.7 Å². The minimum absolute atomic E-state index is 0.